The van der Waals surface area contributed by atoms with Crippen LogP contribution < -0.4 is 5.32 Å². The molecule has 19 heavy (non-hydrogen) atoms. The molecule has 0 bridgehead atoms. The lowest BCUT2D eigenvalue weighted by Gasteiger charge is -2.08. The molecule has 0 saturated heterocycles. The molecule has 0 atom stereocenters. The number of imidazole rings is 1. The zero-order valence-electron chi connectivity index (χ0n) is 11.5. The Hall–Kier alpha value is -1.82. The molecule has 1 N–H and O–H groups in total. The number of nitrogens with zero attached hydrogens (tertiary/aromatic N) is 4. The minimum absolute atomic E-state index is 0.773. The van der Waals surface area contributed by atoms with Crippen molar-refractivity contribution in [3.8, 4) is 0 Å². The van der Waals surface area contributed by atoms with Crippen molar-refractivity contribution in [1.29, 1.82) is 0 Å². The predicted octanol–water partition coefficient (Wildman–Crippen LogP) is 1.50. The largest absolute Gasteiger partial charge is 0.382 e. The van der Waals surface area contributed by atoms with E-state index in [1.54, 1.807) is 10.9 Å². The van der Waals surface area contributed by atoms with Gasteiger partial charge in [0.1, 0.15) is 0 Å². The van der Waals surface area contributed by atoms with Crippen LogP contribution in [0.25, 0.3) is 0 Å². The van der Waals surface area contributed by atoms with Gasteiger partial charge in [0, 0.05) is 51.0 Å². The highest BCUT2D eigenvalue weighted by Gasteiger charge is 2.04. The molecular formula is C13H21N5O. The second kappa shape index (κ2) is 6.94. The molecule has 0 aromatic carbocycles. The lowest BCUT2D eigenvalue weighted by Crippen LogP contribution is -2.11. The van der Waals surface area contributed by atoms with Gasteiger partial charge in [0.05, 0.1) is 12.7 Å². The number of ether oxygens (including phenoxy) is 1. The Labute approximate surface area is 113 Å². The molecule has 6 heteroatoms. The van der Waals surface area contributed by atoms with Crippen LogP contribution in [0.15, 0.2) is 24.8 Å². The van der Waals surface area contributed by atoms with E-state index in [1.165, 1.54) is 0 Å². The Kier molecular flexibility index (Phi) is 4.97. The van der Waals surface area contributed by atoms with E-state index in [-0.39, 0.29) is 0 Å². The number of rotatable bonds is 8. The third-order valence-corrected chi connectivity index (χ3v) is 2.78. The Balaban J connectivity index is 1.83. The van der Waals surface area contributed by atoms with Gasteiger partial charge < -0.3 is 14.6 Å². The fourth-order valence-corrected chi connectivity index (χ4v) is 1.87. The average Bonchev–Trinajstić information content (AvgIpc) is 3.00. The van der Waals surface area contributed by atoms with Crippen LogP contribution in [0.1, 0.15) is 18.9 Å². The van der Waals surface area contributed by atoms with Crippen molar-refractivity contribution >= 4 is 5.95 Å². The summed E-state index contributed by atoms with van der Waals surface area (Å²) in [4.78, 5) is 4.32. The first kappa shape index (κ1) is 13.6. The van der Waals surface area contributed by atoms with Crippen molar-refractivity contribution in [1.82, 2.24) is 19.3 Å². The number of hydrogen-bond donors (Lipinski definition) is 1. The van der Waals surface area contributed by atoms with Crippen molar-refractivity contribution in [2.45, 2.75) is 19.9 Å². The maximum atomic E-state index is 5.30. The van der Waals surface area contributed by atoms with Gasteiger partial charge in [-0.15, -0.1) is 0 Å². The molecular weight excluding hydrogens is 242 g/mol. The number of anilines is 1. The average molecular weight is 263 g/mol. The van der Waals surface area contributed by atoms with Crippen LogP contribution in [0.4, 0.5) is 5.95 Å². The van der Waals surface area contributed by atoms with E-state index in [1.807, 2.05) is 32.6 Å². The quantitative estimate of drug-likeness (QED) is 0.733. The molecule has 0 spiro atoms. The summed E-state index contributed by atoms with van der Waals surface area (Å²) in [6.45, 7) is 5.21. The van der Waals surface area contributed by atoms with Crippen LogP contribution >= 0.6 is 0 Å². The normalized spacial score (nSPS) is 10.8. The van der Waals surface area contributed by atoms with E-state index < -0.39 is 0 Å². The molecule has 2 heterocycles. The van der Waals surface area contributed by atoms with Gasteiger partial charge >= 0.3 is 0 Å². The van der Waals surface area contributed by atoms with Crippen LogP contribution in [0.3, 0.4) is 0 Å². The number of hydrogen-bond acceptors (Lipinski definition) is 4. The minimum Gasteiger partial charge on any atom is -0.382 e. The molecule has 0 fully saturated rings. The van der Waals surface area contributed by atoms with Gasteiger partial charge in [0.15, 0.2) is 0 Å². The van der Waals surface area contributed by atoms with Crippen molar-refractivity contribution < 1.29 is 4.74 Å². The molecule has 0 radical (unpaired) electrons. The third-order valence-electron chi connectivity index (χ3n) is 2.78. The second-order valence-corrected chi connectivity index (χ2v) is 4.38. The Bertz CT molecular complexity index is 491. The van der Waals surface area contributed by atoms with Crippen molar-refractivity contribution in [3.05, 3.63) is 30.4 Å². The summed E-state index contributed by atoms with van der Waals surface area (Å²) in [5.41, 5.74) is 1.16. The molecule has 0 saturated carbocycles. The Morgan fingerprint density at radius 2 is 2.32 bits per heavy atom. The molecule has 2 aromatic rings. The summed E-state index contributed by atoms with van der Waals surface area (Å²) >= 11 is 0. The maximum absolute atomic E-state index is 5.30. The molecule has 0 amide bonds. The van der Waals surface area contributed by atoms with Crippen LogP contribution in [-0.4, -0.2) is 39.1 Å². The Morgan fingerprint density at radius 3 is 3.05 bits per heavy atom. The zero-order chi connectivity index (χ0) is 13.5. The molecule has 2 aromatic heterocycles. The molecule has 6 nitrogen and oxygen atoms in total. The highest BCUT2D eigenvalue weighted by Crippen LogP contribution is 2.08. The molecule has 0 aliphatic heterocycles. The second-order valence-electron chi connectivity index (χ2n) is 4.38. The fourth-order valence-electron chi connectivity index (χ4n) is 1.87. The van der Waals surface area contributed by atoms with Gasteiger partial charge in [0.2, 0.25) is 5.95 Å². The smallest absolute Gasteiger partial charge is 0.203 e. The highest BCUT2D eigenvalue weighted by atomic mass is 16.5. The monoisotopic (exact) mass is 263 g/mol. The van der Waals surface area contributed by atoms with Crippen LogP contribution in [0, 0.1) is 0 Å². The van der Waals surface area contributed by atoms with E-state index in [4.69, 9.17) is 4.74 Å². The van der Waals surface area contributed by atoms with E-state index in [9.17, 15) is 0 Å². The summed E-state index contributed by atoms with van der Waals surface area (Å²) < 4.78 is 9.19. The first-order chi connectivity index (χ1) is 9.29. The summed E-state index contributed by atoms with van der Waals surface area (Å²) in [5.74, 6) is 0.889. The summed E-state index contributed by atoms with van der Waals surface area (Å²) in [6, 6.07) is 0. The van der Waals surface area contributed by atoms with Crippen LogP contribution in [-0.2, 0) is 18.3 Å². The minimum atomic E-state index is 0.773. The van der Waals surface area contributed by atoms with E-state index in [0.29, 0.717) is 0 Å². The van der Waals surface area contributed by atoms with Gasteiger partial charge in [-0.25, -0.2) is 4.98 Å². The topological polar surface area (TPSA) is 56.9 Å². The van der Waals surface area contributed by atoms with Gasteiger partial charge in [-0.2, -0.15) is 5.10 Å². The molecule has 0 aliphatic rings. The first-order valence-electron chi connectivity index (χ1n) is 6.60. The SMILES string of the molecule is CCOCCCNc1nccn1Cc1cnn(C)c1. The number of aryl methyl sites for hydroxylation is 1. The summed E-state index contributed by atoms with van der Waals surface area (Å²) in [7, 11) is 1.92. The number of nitrogens with one attached hydrogen (secondary N) is 1. The molecule has 0 unspecified atom stereocenters. The molecule has 0 aliphatic carbocycles. The third kappa shape index (κ3) is 4.10. The standard InChI is InChI=1S/C13H21N5O/c1-3-19-8-4-5-14-13-15-6-7-18(13)11-12-9-16-17(2)10-12/h6-7,9-10H,3-5,8,11H2,1-2H3,(H,14,15). The molecule has 104 valence electrons. The summed E-state index contributed by atoms with van der Waals surface area (Å²) in [5, 5.41) is 7.49. The van der Waals surface area contributed by atoms with E-state index in [2.05, 4.69) is 20.0 Å². The zero-order valence-corrected chi connectivity index (χ0v) is 11.5. The lowest BCUT2D eigenvalue weighted by atomic mass is 10.3. The number of aromatic nitrogens is 4. The predicted molar refractivity (Wildman–Crippen MR) is 74.1 cm³/mol. The van der Waals surface area contributed by atoms with E-state index >= 15 is 0 Å². The Morgan fingerprint density at radius 1 is 1.42 bits per heavy atom. The lowest BCUT2D eigenvalue weighted by molar-refractivity contribution is 0.147. The highest BCUT2D eigenvalue weighted by molar-refractivity contribution is 5.27. The van der Waals surface area contributed by atoms with E-state index in [0.717, 1.165) is 44.2 Å². The van der Waals surface area contributed by atoms with Crippen LogP contribution in [0.2, 0.25) is 0 Å². The van der Waals surface area contributed by atoms with Gasteiger partial charge in [0.25, 0.3) is 0 Å². The van der Waals surface area contributed by atoms with Crippen molar-refractivity contribution in [2.24, 2.45) is 7.05 Å². The fraction of sp³-hybridized carbons (Fsp3) is 0.538. The summed E-state index contributed by atoms with van der Waals surface area (Å²) in [6.07, 6.45) is 8.64. The van der Waals surface area contributed by atoms with Gasteiger partial charge in [-0.1, -0.05) is 0 Å². The van der Waals surface area contributed by atoms with Crippen LogP contribution in [0.5, 0.6) is 0 Å². The molecule has 2 rings (SSSR count). The van der Waals surface area contributed by atoms with Crippen molar-refractivity contribution in [3.63, 3.8) is 0 Å². The van der Waals surface area contributed by atoms with Gasteiger partial charge in [-0.3, -0.25) is 4.68 Å². The van der Waals surface area contributed by atoms with Gasteiger partial charge in [-0.05, 0) is 13.3 Å². The maximum Gasteiger partial charge on any atom is 0.203 e. The first-order valence-corrected chi connectivity index (χ1v) is 6.60. The van der Waals surface area contributed by atoms with Crippen molar-refractivity contribution in [2.75, 3.05) is 25.1 Å².